The molecule has 0 N–H and O–H groups in total. The van der Waals surface area contributed by atoms with Gasteiger partial charge in [-0.1, -0.05) is 78.3 Å². The van der Waals surface area contributed by atoms with Crippen LogP contribution in [0.1, 0.15) is 36.9 Å². The Morgan fingerprint density at radius 2 is 1.67 bits per heavy atom. The number of hydrogen-bond acceptors (Lipinski definition) is 2. The fraction of sp³-hybridized carbons (Fsp3) is 0.217. The van der Waals surface area contributed by atoms with Crippen LogP contribution < -0.4 is 5.56 Å². The van der Waals surface area contributed by atoms with Crippen LogP contribution in [-0.2, 0) is 6.54 Å². The zero-order chi connectivity index (χ0) is 18.6. The zero-order valence-corrected chi connectivity index (χ0v) is 15.8. The van der Waals surface area contributed by atoms with E-state index in [0.29, 0.717) is 23.1 Å². The van der Waals surface area contributed by atoms with Crippen molar-refractivity contribution >= 4 is 17.2 Å². The van der Waals surface area contributed by atoms with Gasteiger partial charge in [0, 0.05) is 5.56 Å². The molecule has 1 aromatic heterocycles. The molecule has 0 unspecified atom stereocenters. The lowest BCUT2D eigenvalue weighted by Crippen LogP contribution is -2.28. The Kier molecular flexibility index (Phi) is 5.21. The molecule has 3 aromatic rings. The quantitative estimate of drug-likeness (QED) is 0.596. The number of allylic oxidation sites excluding steroid dienone is 2. The molecule has 4 rings (SSSR count). The summed E-state index contributed by atoms with van der Waals surface area (Å²) in [6, 6.07) is 19.7. The molecule has 136 valence electrons. The van der Waals surface area contributed by atoms with E-state index >= 15 is 0 Å². The molecule has 0 saturated carbocycles. The second-order valence-electron chi connectivity index (χ2n) is 6.82. The zero-order valence-electron chi connectivity index (χ0n) is 15.1. The van der Waals surface area contributed by atoms with Gasteiger partial charge in [-0.3, -0.25) is 9.36 Å². The first-order chi connectivity index (χ1) is 13.2. The average molecular weight is 377 g/mol. The van der Waals surface area contributed by atoms with E-state index in [2.05, 4.69) is 11.1 Å². The second-order valence-corrected chi connectivity index (χ2v) is 7.18. The van der Waals surface area contributed by atoms with Gasteiger partial charge in [-0.05, 0) is 36.8 Å². The Balaban J connectivity index is 1.92. The van der Waals surface area contributed by atoms with Crippen molar-refractivity contribution in [3.05, 3.63) is 93.5 Å². The summed E-state index contributed by atoms with van der Waals surface area (Å²) in [7, 11) is 0. The van der Waals surface area contributed by atoms with E-state index in [4.69, 9.17) is 11.6 Å². The topological polar surface area (TPSA) is 34.9 Å². The van der Waals surface area contributed by atoms with E-state index in [0.717, 1.165) is 42.4 Å². The molecule has 1 aliphatic carbocycles. The summed E-state index contributed by atoms with van der Waals surface area (Å²) in [4.78, 5) is 18.0. The van der Waals surface area contributed by atoms with Crippen LogP contribution in [0.25, 0.3) is 16.8 Å². The van der Waals surface area contributed by atoms with Crippen molar-refractivity contribution in [2.24, 2.45) is 0 Å². The lowest BCUT2D eigenvalue weighted by molar-refractivity contribution is 0.724. The fourth-order valence-electron chi connectivity index (χ4n) is 3.59. The molecule has 0 bridgehead atoms. The number of hydrogen-bond donors (Lipinski definition) is 0. The highest BCUT2D eigenvalue weighted by Gasteiger charge is 2.20. The van der Waals surface area contributed by atoms with Crippen molar-refractivity contribution in [3.63, 3.8) is 0 Å². The molecule has 27 heavy (non-hydrogen) atoms. The molecule has 0 radical (unpaired) electrons. The Morgan fingerprint density at radius 1 is 0.963 bits per heavy atom. The monoisotopic (exact) mass is 376 g/mol. The summed E-state index contributed by atoms with van der Waals surface area (Å²) in [5, 5.41) is 0.373. The van der Waals surface area contributed by atoms with Gasteiger partial charge in [0.2, 0.25) is 0 Å². The third-order valence-corrected chi connectivity index (χ3v) is 5.21. The summed E-state index contributed by atoms with van der Waals surface area (Å²) in [6.07, 6.45) is 6.27. The molecule has 4 heteroatoms. The van der Waals surface area contributed by atoms with Crippen LogP contribution in [0, 0.1) is 0 Å². The maximum atomic E-state index is 13.4. The van der Waals surface area contributed by atoms with Gasteiger partial charge < -0.3 is 0 Å². The predicted octanol–water partition coefficient (Wildman–Crippen LogP) is 5.57. The van der Waals surface area contributed by atoms with Crippen LogP contribution in [0.3, 0.4) is 0 Å². The molecule has 0 spiro atoms. The summed E-state index contributed by atoms with van der Waals surface area (Å²) in [5.41, 5.74) is 4.07. The van der Waals surface area contributed by atoms with Gasteiger partial charge >= 0.3 is 0 Å². The molecule has 0 saturated heterocycles. The molecule has 1 heterocycles. The van der Waals surface area contributed by atoms with E-state index in [1.54, 1.807) is 4.57 Å². The number of aromatic nitrogens is 2. The van der Waals surface area contributed by atoms with Crippen LogP contribution in [0.2, 0.25) is 5.15 Å². The molecule has 0 atom stereocenters. The van der Waals surface area contributed by atoms with Crippen LogP contribution in [0.4, 0.5) is 0 Å². The van der Waals surface area contributed by atoms with Crippen LogP contribution in [0.15, 0.2) is 71.5 Å². The third-order valence-electron chi connectivity index (χ3n) is 4.95. The maximum absolute atomic E-state index is 13.4. The van der Waals surface area contributed by atoms with Crippen molar-refractivity contribution in [1.29, 1.82) is 0 Å². The number of benzene rings is 2. The minimum absolute atomic E-state index is 0.0738. The minimum Gasteiger partial charge on any atom is -0.299 e. The predicted molar refractivity (Wildman–Crippen MR) is 111 cm³/mol. The van der Waals surface area contributed by atoms with Gasteiger partial charge in [0.1, 0.15) is 5.69 Å². The normalized spacial score (nSPS) is 14.0. The highest BCUT2D eigenvalue weighted by atomic mass is 35.5. The van der Waals surface area contributed by atoms with Crippen molar-refractivity contribution < 1.29 is 0 Å². The van der Waals surface area contributed by atoms with Gasteiger partial charge in [-0.15, -0.1) is 0 Å². The van der Waals surface area contributed by atoms with E-state index in [1.165, 1.54) is 0 Å². The summed E-state index contributed by atoms with van der Waals surface area (Å²) < 4.78 is 1.77. The van der Waals surface area contributed by atoms with E-state index in [-0.39, 0.29) is 5.56 Å². The van der Waals surface area contributed by atoms with Gasteiger partial charge in [0.15, 0.2) is 5.15 Å². The van der Waals surface area contributed by atoms with Crippen molar-refractivity contribution in [3.8, 4) is 11.3 Å². The van der Waals surface area contributed by atoms with E-state index in [9.17, 15) is 4.79 Å². The lowest BCUT2D eigenvalue weighted by Gasteiger charge is -2.18. The Bertz CT molecular complexity index is 1020. The standard InChI is InChI=1S/C23H21ClN2O/c24-22-21(19-14-8-3-9-15-19)26(16-17-10-4-1-5-11-17)23(27)20(25-22)18-12-6-2-7-13-18/h1,3-5,8-12,14-15H,2,6-7,13,16H2. The first kappa shape index (κ1) is 17.7. The fourth-order valence-corrected chi connectivity index (χ4v) is 3.89. The molecule has 0 amide bonds. The second kappa shape index (κ2) is 7.93. The highest BCUT2D eigenvalue weighted by Crippen LogP contribution is 2.29. The number of nitrogens with zero attached hydrogens (tertiary/aromatic N) is 2. The summed E-state index contributed by atoms with van der Waals surface area (Å²) >= 11 is 6.63. The van der Waals surface area contributed by atoms with Crippen LogP contribution in [0.5, 0.6) is 0 Å². The smallest absolute Gasteiger partial charge is 0.277 e. The Labute approximate surface area is 164 Å². The first-order valence-corrected chi connectivity index (χ1v) is 9.71. The summed E-state index contributed by atoms with van der Waals surface area (Å²) in [5.74, 6) is 0. The number of halogens is 1. The van der Waals surface area contributed by atoms with Gasteiger partial charge in [-0.25, -0.2) is 4.98 Å². The van der Waals surface area contributed by atoms with Crippen LogP contribution >= 0.6 is 11.6 Å². The highest BCUT2D eigenvalue weighted by molar-refractivity contribution is 6.31. The first-order valence-electron chi connectivity index (χ1n) is 9.33. The van der Waals surface area contributed by atoms with Gasteiger partial charge in [0.05, 0.1) is 12.2 Å². The van der Waals surface area contributed by atoms with Crippen LogP contribution in [-0.4, -0.2) is 9.55 Å². The minimum atomic E-state index is -0.0738. The van der Waals surface area contributed by atoms with Crippen molar-refractivity contribution in [1.82, 2.24) is 9.55 Å². The summed E-state index contributed by atoms with van der Waals surface area (Å²) in [6.45, 7) is 0.465. The largest absolute Gasteiger partial charge is 0.299 e. The third kappa shape index (κ3) is 3.74. The Morgan fingerprint density at radius 3 is 2.33 bits per heavy atom. The van der Waals surface area contributed by atoms with Gasteiger partial charge in [-0.2, -0.15) is 0 Å². The molecule has 0 aliphatic heterocycles. The van der Waals surface area contributed by atoms with E-state index in [1.807, 2.05) is 60.7 Å². The SMILES string of the molecule is O=c1c(C2=CCCCC2)nc(Cl)c(-c2ccccc2)n1Cc1ccccc1. The van der Waals surface area contributed by atoms with E-state index < -0.39 is 0 Å². The maximum Gasteiger partial charge on any atom is 0.277 e. The lowest BCUT2D eigenvalue weighted by atomic mass is 9.97. The molecular formula is C23H21ClN2O. The average Bonchev–Trinajstić information content (AvgIpc) is 2.72. The van der Waals surface area contributed by atoms with Crippen molar-refractivity contribution in [2.45, 2.75) is 32.2 Å². The molecule has 2 aromatic carbocycles. The molecule has 1 aliphatic rings. The molecule has 0 fully saturated rings. The number of rotatable bonds is 4. The molecular weight excluding hydrogens is 356 g/mol. The van der Waals surface area contributed by atoms with Crippen molar-refractivity contribution in [2.75, 3.05) is 0 Å². The van der Waals surface area contributed by atoms with Gasteiger partial charge in [0.25, 0.3) is 5.56 Å². The molecule has 3 nitrogen and oxygen atoms in total. The Hall–Kier alpha value is -2.65.